The number of carbonyl (C=O) groups is 1. The Morgan fingerprint density at radius 2 is 1.87 bits per heavy atom. The molecular formula is C20H26O3. The zero-order valence-corrected chi connectivity index (χ0v) is 14.0. The summed E-state index contributed by atoms with van der Waals surface area (Å²) in [4.78, 5) is 12.4. The first-order chi connectivity index (χ1) is 11.2. The molecule has 0 aromatic rings. The standard InChI is InChI=1S/C20H26O3/c1-20-7-6-13-14(16(20)4-5-19(20)21)3-2-12-10-17-18(11-15(12)13)23-9-8-22-17/h6,14,16-18H,2-5,7-11H2,1H3/t14-,16+,17?,18?,20+/m1/s1. The molecule has 5 atom stereocenters. The van der Waals surface area contributed by atoms with Gasteiger partial charge < -0.3 is 9.47 Å². The molecule has 0 amide bonds. The summed E-state index contributed by atoms with van der Waals surface area (Å²) >= 11 is 0. The molecule has 5 aliphatic rings. The van der Waals surface area contributed by atoms with Gasteiger partial charge in [-0.3, -0.25) is 4.79 Å². The molecule has 1 aliphatic heterocycles. The number of carbonyl (C=O) groups excluding carboxylic acids is 1. The van der Waals surface area contributed by atoms with E-state index >= 15 is 0 Å². The van der Waals surface area contributed by atoms with Gasteiger partial charge in [0.2, 0.25) is 0 Å². The van der Waals surface area contributed by atoms with Crippen LogP contribution in [0.25, 0.3) is 0 Å². The van der Waals surface area contributed by atoms with Crippen molar-refractivity contribution < 1.29 is 14.3 Å². The molecule has 0 N–H and O–H groups in total. The van der Waals surface area contributed by atoms with Gasteiger partial charge in [0.1, 0.15) is 5.78 Å². The Kier molecular flexibility index (Phi) is 3.15. The summed E-state index contributed by atoms with van der Waals surface area (Å²) in [6.45, 7) is 3.71. The Balaban J connectivity index is 1.50. The predicted molar refractivity (Wildman–Crippen MR) is 87.0 cm³/mol. The molecule has 2 unspecified atom stereocenters. The van der Waals surface area contributed by atoms with Crippen LogP contribution in [0.4, 0.5) is 0 Å². The minimum Gasteiger partial charge on any atom is -0.373 e. The van der Waals surface area contributed by atoms with Crippen molar-refractivity contribution in [1.29, 1.82) is 0 Å². The van der Waals surface area contributed by atoms with E-state index < -0.39 is 0 Å². The number of hydrogen-bond acceptors (Lipinski definition) is 3. The normalized spacial score (nSPS) is 45.8. The molecule has 0 aromatic heterocycles. The quantitative estimate of drug-likeness (QED) is 0.685. The first-order valence-electron chi connectivity index (χ1n) is 9.34. The van der Waals surface area contributed by atoms with Crippen LogP contribution in [0.3, 0.4) is 0 Å². The molecule has 0 radical (unpaired) electrons. The number of fused-ring (bicyclic) bond motifs is 5. The van der Waals surface area contributed by atoms with Crippen molar-refractivity contribution in [2.75, 3.05) is 13.2 Å². The van der Waals surface area contributed by atoms with Gasteiger partial charge >= 0.3 is 0 Å². The van der Waals surface area contributed by atoms with Crippen LogP contribution in [-0.4, -0.2) is 31.2 Å². The van der Waals surface area contributed by atoms with Crippen LogP contribution < -0.4 is 0 Å². The molecule has 2 fully saturated rings. The lowest BCUT2D eigenvalue weighted by Crippen LogP contribution is -2.44. The molecule has 124 valence electrons. The molecule has 4 aliphatic carbocycles. The van der Waals surface area contributed by atoms with E-state index in [4.69, 9.17) is 9.47 Å². The van der Waals surface area contributed by atoms with Crippen LogP contribution in [0.15, 0.2) is 22.8 Å². The fourth-order valence-electron chi connectivity index (χ4n) is 6.01. The number of allylic oxidation sites excluding steroid dienone is 2. The highest BCUT2D eigenvalue weighted by molar-refractivity contribution is 5.87. The van der Waals surface area contributed by atoms with Gasteiger partial charge in [0.15, 0.2) is 0 Å². The molecule has 1 saturated heterocycles. The summed E-state index contributed by atoms with van der Waals surface area (Å²) in [5.74, 6) is 1.69. The lowest BCUT2D eigenvalue weighted by Gasteiger charge is -2.47. The second kappa shape index (κ2) is 5.03. The molecule has 0 bridgehead atoms. The van der Waals surface area contributed by atoms with Gasteiger partial charge in [-0.05, 0) is 55.1 Å². The largest absolute Gasteiger partial charge is 0.373 e. The van der Waals surface area contributed by atoms with Gasteiger partial charge in [0.05, 0.1) is 25.4 Å². The number of rotatable bonds is 0. The molecule has 3 nitrogen and oxygen atoms in total. The maximum atomic E-state index is 12.4. The van der Waals surface area contributed by atoms with Crippen molar-refractivity contribution in [3.8, 4) is 0 Å². The third-order valence-corrected chi connectivity index (χ3v) is 7.32. The fraction of sp³-hybridized carbons (Fsp3) is 0.750. The Hall–Kier alpha value is -0.930. The van der Waals surface area contributed by atoms with Crippen molar-refractivity contribution in [3.05, 3.63) is 22.8 Å². The molecule has 5 rings (SSSR count). The van der Waals surface area contributed by atoms with Gasteiger partial charge in [0, 0.05) is 18.3 Å². The molecule has 1 saturated carbocycles. The number of hydrogen-bond donors (Lipinski definition) is 0. The summed E-state index contributed by atoms with van der Waals surface area (Å²) in [5.41, 5.74) is 4.70. The van der Waals surface area contributed by atoms with Crippen molar-refractivity contribution in [1.82, 2.24) is 0 Å². The number of Topliss-reactive ketones (excluding diaryl/α,β-unsaturated/α-hetero) is 1. The maximum Gasteiger partial charge on any atom is 0.139 e. The van der Waals surface area contributed by atoms with E-state index in [1.54, 1.807) is 16.7 Å². The minimum atomic E-state index is -0.0755. The van der Waals surface area contributed by atoms with E-state index in [0.717, 1.165) is 45.3 Å². The third-order valence-electron chi connectivity index (χ3n) is 7.32. The second-order valence-corrected chi connectivity index (χ2v) is 8.30. The van der Waals surface area contributed by atoms with Gasteiger partial charge in [-0.25, -0.2) is 0 Å². The topological polar surface area (TPSA) is 35.5 Å². The van der Waals surface area contributed by atoms with E-state index in [-0.39, 0.29) is 17.6 Å². The molecule has 1 heterocycles. The highest BCUT2D eigenvalue weighted by atomic mass is 16.6. The van der Waals surface area contributed by atoms with Gasteiger partial charge in [-0.2, -0.15) is 0 Å². The molecule has 3 heteroatoms. The zero-order valence-electron chi connectivity index (χ0n) is 14.0. The monoisotopic (exact) mass is 314 g/mol. The Bertz CT molecular complexity index is 616. The smallest absolute Gasteiger partial charge is 0.139 e. The van der Waals surface area contributed by atoms with Gasteiger partial charge in [-0.1, -0.05) is 18.6 Å². The molecule has 0 spiro atoms. The summed E-state index contributed by atoms with van der Waals surface area (Å²) in [5, 5.41) is 0. The van der Waals surface area contributed by atoms with Crippen molar-refractivity contribution in [2.45, 2.75) is 64.1 Å². The average molecular weight is 314 g/mol. The van der Waals surface area contributed by atoms with Crippen molar-refractivity contribution in [2.24, 2.45) is 17.3 Å². The van der Waals surface area contributed by atoms with Crippen LogP contribution in [0, 0.1) is 17.3 Å². The summed E-state index contributed by atoms with van der Waals surface area (Å²) in [6.07, 6.45) is 10.3. The van der Waals surface area contributed by atoms with Gasteiger partial charge in [-0.15, -0.1) is 0 Å². The van der Waals surface area contributed by atoms with Crippen molar-refractivity contribution in [3.63, 3.8) is 0 Å². The summed E-state index contributed by atoms with van der Waals surface area (Å²) in [7, 11) is 0. The van der Waals surface area contributed by atoms with Crippen molar-refractivity contribution >= 4 is 5.78 Å². The van der Waals surface area contributed by atoms with Crippen LogP contribution in [-0.2, 0) is 14.3 Å². The van der Waals surface area contributed by atoms with E-state index in [1.165, 1.54) is 12.8 Å². The molecular weight excluding hydrogens is 288 g/mol. The summed E-state index contributed by atoms with van der Waals surface area (Å²) < 4.78 is 11.9. The highest BCUT2D eigenvalue weighted by Gasteiger charge is 2.53. The third kappa shape index (κ3) is 1.99. The summed E-state index contributed by atoms with van der Waals surface area (Å²) in [6, 6.07) is 0. The fourth-order valence-corrected chi connectivity index (χ4v) is 6.01. The van der Waals surface area contributed by atoms with E-state index in [2.05, 4.69) is 13.0 Å². The minimum absolute atomic E-state index is 0.0755. The number of ether oxygens (including phenoxy) is 2. The first kappa shape index (κ1) is 14.4. The second-order valence-electron chi connectivity index (χ2n) is 8.30. The Morgan fingerprint density at radius 1 is 1.09 bits per heavy atom. The van der Waals surface area contributed by atoms with E-state index in [9.17, 15) is 4.79 Å². The average Bonchev–Trinajstić information content (AvgIpc) is 2.88. The predicted octanol–water partition coefficient (Wildman–Crippen LogP) is 3.59. The van der Waals surface area contributed by atoms with Crippen LogP contribution in [0.1, 0.15) is 51.9 Å². The molecule has 23 heavy (non-hydrogen) atoms. The maximum absolute atomic E-state index is 12.4. The molecule has 0 aromatic carbocycles. The number of ketones is 1. The highest BCUT2D eigenvalue weighted by Crippen LogP contribution is 2.57. The lowest BCUT2D eigenvalue weighted by atomic mass is 9.58. The lowest BCUT2D eigenvalue weighted by molar-refractivity contribution is -0.142. The van der Waals surface area contributed by atoms with Crippen LogP contribution in [0.5, 0.6) is 0 Å². The Labute approximate surface area is 138 Å². The Morgan fingerprint density at radius 3 is 2.70 bits per heavy atom. The van der Waals surface area contributed by atoms with Gasteiger partial charge in [0.25, 0.3) is 0 Å². The van der Waals surface area contributed by atoms with Crippen LogP contribution in [0.2, 0.25) is 0 Å². The van der Waals surface area contributed by atoms with Crippen LogP contribution >= 0.6 is 0 Å². The van der Waals surface area contributed by atoms with E-state index in [0.29, 0.717) is 17.6 Å². The SMILES string of the molecule is C[C@]12CC=C3C4=C(CC[C@H]3[C@@H]1CCC2=O)CC1OCCOC1C4. The zero-order chi connectivity index (χ0) is 15.6. The first-order valence-corrected chi connectivity index (χ1v) is 9.34. The van der Waals surface area contributed by atoms with E-state index in [1.807, 2.05) is 0 Å².